The van der Waals surface area contributed by atoms with E-state index >= 15 is 0 Å². The van der Waals surface area contributed by atoms with Gasteiger partial charge < -0.3 is 24.4 Å². The molecule has 3 rings (SSSR count). The van der Waals surface area contributed by atoms with E-state index in [1.54, 1.807) is 20.3 Å². The summed E-state index contributed by atoms with van der Waals surface area (Å²) in [6, 6.07) is 7.62. The third-order valence-electron chi connectivity index (χ3n) is 5.70. The Morgan fingerprint density at radius 2 is 2.00 bits per heavy atom. The Bertz CT molecular complexity index is 752. The molecule has 2 amide bonds. The SMILES string of the molecule is COc1ccc(CNC(=O)CN2CCN(C(C)=O)CC2COCC2CC=COC2)cc1. The maximum absolute atomic E-state index is 12.6. The van der Waals surface area contributed by atoms with Gasteiger partial charge in [-0.2, -0.15) is 0 Å². The number of methoxy groups -OCH3 is 1. The molecule has 0 aliphatic carbocycles. The first-order chi connectivity index (χ1) is 15.0. The Kier molecular flexibility index (Phi) is 8.73. The van der Waals surface area contributed by atoms with E-state index in [0.717, 1.165) is 17.7 Å². The van der Waals surface area contributed by atoms with Crippen molar-refractivity contribution in [3.05, 3.63) is 42.2 Å². The Hall–Kier alpha value is -2.58. The molecule has 2 atom stereocenters. The molecule has 0 saturated carbocycles. The average molecular weight is 432 g/mol. The molecular formula is C23H33N3O5. The summed E-state index contributed by atoms with van der Waals surface area (Å²) in [6.45, 7) is 5.94. The molecule has 0 bridgehead atoms. The van der Waals surface area contributed by atoms with Crippen LogP contribution in [0.5, 0.6) is 5.75 Å². The molecule has 2 aliphatic heterocycles. The number of nitrogens with one attached hydrogen (secondary N) is 1. The number of piperazine rings is 1. The molecule has 2 heterocycles. The van der Waals surface area contributed by atoms with Gasteiger partial charge in [0.25, 0.3) is 0 Å². The first-order valence-electron chi connectivity index (χ1n) is 10.8. The van der Waals surface area contributed by atoms with Crippen LogP contribution < -0.4 is 10.1 Å². The van der Waals surface area contributed by atoms with Crippen LogP contribution in [0, 0.1) is 5.92 Å². The average Bonchev–Trinajstić information content (AvgIpc) is 2.79. The highest BCUT2D eigenvalue weighted by Crippen LogP contribution is 2.15. The standard InChI is InChI=1S/C23H33N3O5/c1-18(27)25-9-10-26(21(13-25)17-31-16-20-4-3-11-30-15-20)14-23(28)24-12-19-5-7-22(29-2)8-6-19/h3,5-8,11,20-21H,4,9-10,12-17H2,1-2H3,(H,24,28). The van der Waals surface area contributed by atoms with Crippen molar-refractivity contribution < 1.29 is 23.8 Å². The van der Waals surface area contributed by atoms with Gasteiger partial charge in [-0.15, -0.1) is 0 Å². The van der Waals surface area contributed by atoms with Crippen LogP contribution in [0.1, 0.15) is 18.9 Å². The quantitative estimate of drug-likeness (QED) is 0.637. The second-order valence-electron chi connectivity index (χ2n) is 8.06. The Morgan fingerprint density at radius 3 is 2.68 bits per heavy atom. The van der Waals surface area contributed by atoms with Gasteiger partial charge in [0.1, 0.15) is 5.75 Å². The smallest absolute Gasteiger partial charge is 0.234 e. The zero-order chi connectivity index (χ0) is 22.1. The van der Waals surface area contributed by atoms with Gasteiger partial charge in [-0.1, -0.05) is 12.1 Å². The third-order valence-corrected chi connectivity index (χ3v) is 5.70. The minimum atomic E-state index is -0.0390. The Labute approximate surface area is 184 Å². The van der Waals surface area contributed by atoms with Crippen molar-refractivity contribution in [3.8, 4) is 5.75 Å². The fourth-order valence-electron chi connectivity index (χ4n) is 3.79. The van der Waals surface area contributed by atoms with Crippen molar-refractivity contribution in [3.63, 3.8) is 0 Å². The van der Waals surface area contributed by atoms with Gasteiger partial charge in [-0.05, 0) is 30.2 Å². The number of hydrogen-bond acceptors (Lipinski definition) is 6. The zero-order valence-electron chi connectivity index (χ0n) is 18.4. The summed E-state index contributed by atoms with van der Waals surface area (Å²) < 4.78 is 16.5. The van der Waals surface area contributed by atoms with Crippen LogP contribution in [-0.4, -0.2) is 80.8 Å². The van der Waals surface area contributed by atoms with Gasteiger partial charge >= 0.3 is 0 Å². The minimum absolute atomic E-state index is 0.00978. The van der Waals surface area contributed by atoms with Crippen LogP contribution in [0.3, 0.4) is 0 Å². The summed E-state index contributed by atoms with van der Waals surface area (Å²) in [5.74, 6) is 1.15. The topological polar surface area (TPSA) is 80.3 Å². The van der Waals surface area contributed by atoms with Crippen molar-refractivity contribution >= 4 is 11.8 Å². The number of allylic oxidation sites excluding steroid dienone is 1. The first-order valence-corrected chi connectivity index (χ1v) is 10.8. The summed E-state index contributed by atoms with van der Waals surface area (Å²) in [7, 11) is 1.63. The fraction of sp³-hybridized carbons (Fsp3) is 0.565. The van der Waals surface area contributed by atoms with Crippen molar-refractivity contribution in [2.45, 2.75) is 25.9 Å². The Balaban J connectivity index is 1.48. The fourth-order valence-corrected chi connectivity index (χ4v) is 3.79. The number of amides is 2. The van der Waals surface area contributed by atoms with Gasteiger partial charge in [0.2, 0.25) is 11.8 Å². The van der Waals surface area contributed by atoms with Crippen LogP contribution in [0.2, 0.25) is 0 Å². The van der Waals surface area contributed by atoms with Gasteiger partial charge in [0.05, 0.1) is 45.8 Å². The second kappa shape index (κ2) is 11.7. The lowest BCUT2D eigenvalue weighted by Gasteiger charge is -2.40. The minimum Gasteiger partial charge on any atom is -0.501 e. The van der Waals surface area contributed by atoms with Crippen molar-refractivity contribution in [2.75, 3.05) is 53.1 Å². The molecule has 0 spiro atoms. The van der Waals surface area contributed by atoms with Crippen LogP contribution in [0.25, 0.3) is 0 Å². The molecule has 2 unspecified atom stereocenters. The molecular weight excluding hydrogens is 398 g/mol. The molecule has 170 valence electrons. The monoisotopic (exact) mass is 431 g/mol. The lowest BCUT2D eigenvalue weighted by atomic mass is 10.1. The van der Waals surface area contributed by atoms with E-state index in [4.69, 9.17) is 14.2 Å². The number of benzene rings is 1. The number of ether oxygens (including phenoxy) is 3. The molecule has 8 nitrogen and oxygen atoms in total. The molecule has 0 aromatic heterocycles. The Morgan fingerprint density at radius 1 is 1.19 bits per heavy atom. The zero-order valence-corrected chi connectivity index (χ0v) is 18.4. The van der Waals surface area contributed by atoms with E-state index in [1.807, 2.05) is 35.2 Å². The normalized spacial score (nSPS) is 21.4. The number of hydrogen-bond donors (Lipinski definition) is 1. The number of carbonyl (C=O) groups is 2. The summed E-state index contributed by atoms with van der Waals surface area (Å²) in [6.07, 6.45) is 4.69. The largest absolute Gasteiger partial charge is 0.501 e. The second-order valence-corrected chi connectivity index (χ2v) is 8.06. The van der Waals surface area contributed by atoms with E-state index in [1.165, 1.54) is 0 Å². The highest BCUT2D eigenvalue weighted by molar-refractivity contribution is 5.78. The van der Waals surface area contributed by atoms with Crippen LogP contribution >= 0.6 is 0 Å². The molecule has 2 aliphatic rings. The van der Waals surface area contributed by atoms with E-state index in [-0.39, 0.29) is 24.4 Å². The number of carbonyl (C=O) groups excluding carboxylic acids is 2. The lowest BCUT2D eigenvalue weighted by molar-refractivity contribution is -0.133. The van der Waals surface area contributed by atoms with Gasteiger partial charge in [-0.3, -0.25) is 14.5 Å². The first kappa shape index (κ1) is 23.1. The van der Waals surface area contributed by atoms with E-state index < -0.39 is 0 Å². The maximum Gasteiger partial charge on any atom is 0.234 e. The van der Waals surface area contributed by atoms with Crippen LogP contribution in [0.15, 0.2) is 36.6 Å². The van der Waals surface area contributed by atoms with Gasteiger partial charge in [0.15, 0.2) is 0 Å². The van der Waals surface area contributed by atoms with Gasteiger partial charge in [-0.25, -0.2) is 0 Å². The molecule has 0 radical (unpaired) electrons. The van der Waals surface area contributed by atoms with E-state index in [0.29, 0.717) is 51.9 Å². The lowest BCUT2D eigenvalue weighted by Crippen LogP contribution is -2.58. The molecule has 8 heteroatoms. The molecule has 31 heavy (non-hydrogen) atoms. The summed E-state index contributed by atoms with van der Waals surface area (Å²) in [5.41, 5.74) is 1.01. The summed E-state index contributed by atoms with van der Waals surface area (Å²) in [5, 5.41) is 2.98. The highest BCUT2D eigenvalue weighted by atomic mass is 16.5. The van der Waals surface area contributed by atoms with Crippen molar-refractivity contribution in [1.82, 2.24) is 15.1 Å². The van der Waals surface area contributed by atoms with Crippen LogP contribution in [0.4, 0.5) is 0 Å². The molecule has 1 fully saturated rings. The summed E-state index contributed by atoms with van der Waals surface area (Å²) >= 11 is 0. The van der Waals surface area contributed by atoms with Crippen molar-refractivity contribution in [2.24, 2.45) is 5.92 Å². The number of rotatable bonds is 9. The predicted octanol–water partition coefficient (Wildman–Crippen LogP) is 1.41. The molecule has 1 aromatic rings. The molecule has 1 saturated heterocycles. The maximum atomic E-state index is 12.6. The van der Waals surface area contributed by atoms with Gasteiger partial charge in [0, 0.05) is 39.0 Å². The third kappa shape index (κ3) is 7.25. The highest BCUT2D eigenvalue weighted by Gasteiger charge is 2.30. The molecule has 1 aromatic carbocycles. The summed E-state index contributed by atoms with van der Waals surface area (Å²) in [4.78, 5) is 28.4. The van der Waals surface area contributed by atoms with Crippen LogP contribution in [-0.2, 0) is 25.6 Å². The van der Waals surface area contributed by atoms with E-state index in [9.17, 15) is 9.59 Å². The molecule has 1 N–H and O–H groups in total. The predicted molar refractivity (Wildman–Crippen MR) is 116 cm³/mol. The van der Waals surface area contributed by atoms with Crippen molar-refractivity contribution in [1.29, 1.82) is 0 Å². The van der Waals surface area contributed by atoms with E-state index in [2.05, 4.69) is 10.2 Å². The number of nitrogens with zero attached hydrogens (tertiary/aromatic N) is 2.